The Morgan fingerprint density at radius 3 is 2.47 bits per heavy atom. The summed E-state index contributed by atoms with van der Waals surface area (Å²) in [6.45, 7) is 6.06. The zero-order valence-electron chi connectivity index (χ0n) is 18.6. The highest BCUT2D eigenvalue weighted by Crippen LogP contribution is 2.32. The summed E-state index contributed by atoms with van der Waals surface area (Å²) < 4.78 is 40.1. The van der Waals surface area contributed by atoms with Crippen molar-refractivity contribution in [3.8, 4) is 0 Å². The summed E-state index contributed by atoms with van der Waals surface area (Å²) in [7, 11) is 3.38. The van der Waals surface area contributed by atoms with E-state index in [1.807, 2.05) is 29.3 Å². The van der Waals surface area contributed by atoms with E-state index in [2.05, 4.69) is 24.8 Å². The predicted octanol–water partition coefficient (Wildman–Crippen LogP) is 3.00. The molecule has 10 heteroatoms. The highest BCUT2D eigenvalue weighted by Gasteiger charge is 2.35. The number of piperazine rings is 1. The maximum Gasteiger partial charge on any atom is 0.433 e. The minimum Gasteiger partial charge on any atom is -0.363 e. The highest BCUT2D eigenvalue weighted by molar-refractivity contribution is 5.46. The first-order chi connectivity index (χ1) is 15.3. The van der Waals surface area contributed by atoms with E-state index in [9.17, 15) is 13.2 Å². The van der Waals surface area contributed by atoms with Crippen LogP contribution >= 0.6 is 0 Å². The van der Waals surface area contributed by atoms with Gasteiger partial charge in [0.25, 0.3) is 0 Å². The van der Waals surface area contributed by atoms with Gasteiger partial charge in [0, 0.05) is 72.2 Å². The van der Waals surface area contributed by atoms with Gasteiger partial charge in [-0.3, -0.25) is 4.90 Å². The van der Waals surface area contributed by atoms with Crippen LogP contribution in [0.5, 0.6) is 0 Å². The van der Waals surface area contributed by atoms with Crippen LogP contribution in [0.25, 0.3) is 0 Å². The summed E-state index contributed by atoms with van der Waals surface area (Å²) in [5.74, 6) is 1.84. The monoisotopic (exact) mass is 449 g/mol. The van der Waals surface area contributed by atoms with Crippen LogP contribution in [-0.2, 0) is 6.18 Å². The van der Waals surface area contributed by atoms with Gasteiger partial charge in [0.2, 0.25) is 5.95 Å². The van der Waals surface area contributed by atoms with Crippen molar-refractivity contribution in [2.75, 3.05) is 74.6 Å². The van der Waals surface area contributed by atoms with Crippen molar-refractivity contribution >= 4 is 17.6 Å². The number of piperidine rings is 1. The van der Waals surface area contributed by atoms with E-state index in [1.54, 1.807) is 19.0 Å². The third-order valence-electron chi connectivity index (χ3n) is 6.11. The van der Waals surface area contributed by atoms with E-state index >= 15 is 0 Å². The number of rotatable bonds is 5. The average Bonchev–Trinajstić information content (AvgIpc) is 2.79. The minimum atomic E-state index is -4.50. The van der Waals surface area contributed by atoms with Crippen LogP contribution < -0.4 is 14.7 Å². The van der Waals surface area contributed by atoms with Gasteiger partial charge in [-0.1, -0.05) is 6.07 Å². The Hall–Kier alpha value is -2.62. The van der Waals surface area contributed by atoms with Gasteiger partial charge in [-0.15, -0.1) is 0 Å². The van der Waals surface area contributed by atoms with Crippen molar-refractivity contribution in [2.24, 2.45) is 5.92 Å². The van der Waals surface area contributed by atoms with Crippen LogP contribution in [0.1, 0.15) is 18.5 Å². The van der Waals surface area contributed by atoms with Crippen molar-refractivity contribution in [2.45, 2.75) is 19.0 Å². The number of anilines is 3. The van der Waals surface area contributed by atoms with Gasteiger partial charge < -0.3 is 14.7 Å². The first kappa shape index (κ1) is 22.6. The normalized spacial score (nSPS) is 20.5. The average molecular weight is 450 g/mol. The molecule has 0 N–H and O–H groups in total. The fraction of sp³-hybridized carbons (Fsp3) is 0.591. The van der Waals surface area contributed by atoms with E-state index in [-0.39, 0.29) is 11.8 Å². The van der Waals surface area contributed by atoms with Gasteiger partial charge >= 0.3 is 6.18 Å². The quantitative estimate of drug-likeness (QED) is 0.696. The van der Waals surface area contributed by atoms with Gasteiger partial charge in [0.1, 0.15) is 11.6 Å². The van der Waals surface area contributed by atoms with Gasteiger partial charge in [-0.05, 0) is 30.9 Å². The second-order valence-corrected chi connectivity index (χ2v) is 8.73. The minimum absolute atomic E-state index is 0.174. The Morgan fingerprint density at radius 2 is 1.81 bits per heavy atom. The standard InChI is InChI=1S/C22H30F3N7/c1-29(2)20-14-18(22(23,24)25)27-21(28-20)32-9-5-6-17(16-32)15-30-10-12-31(13-11-30)19-7-3-4-8-26-19/h3-4,7-8,14,17H,5-6,9-13,15-16H2,1-2H3. The molecule has 0 spiro atoms. The molecule has 2 aliphatic heterocycles. The largest absolute Gasteiger partial charge is 0.433 e. The Bertz CT molecular complexity index is 883. The van der Waals surface area contributed by atoms with Crippen molar-refractivity contribution in [1.82, 2.24) is 19.9 Å². The molecule has 0 radical (unpaired) electrons. The van der Waals surface area contributed by atoms with E-state index in [0.717, 1.165) is 57.4 Å². The molecule has 0 amide bonds. The molecule has 4 heterocycles. The smallest absolute Gasteiger partial charge is 0.363 e. The lowest BCUT2D eigenvalue weighted by Gasteiger charge is -2.39. The lowest BCUT2D eigenvalue weighted by Crippen LogP contribution is -2.50. The van der Waals surface area contributed by atoms with Gasteiger partial charge in [-0.2, -0.15) is 18.2 Å². The Kier molecular flexibility index (Phi) is 6.68. The van der Waals surface area contributed by atoms with Crippen molar-refractivity contribution in [3.05, 3.63) is 36.2 Å². The molecule has 2 aliphatic rings. The molecule has 2 fully saturated rings. The number of hydrogen-bond acceptors (Lipinski definition) is 7. The number of nitrogens with zero attached hydrogens (tertiary/aromatic N) is 7. The Morgan fingerprint density at radius 1 is 1.03 bits per heavy atom. The van der Waals surface area contributed by atoms with E-state index < -0.39 is 11.9 Å². The molecule has 0 saturated carbocycles. The molecule has 174 valence electrons. The molecule has 0 aromatic carbocycles. The zero-order chi connectivity index (χ0) is 22.7. The molecule has 1 unspecified atom stereocenters. The van der Waals surface area contributed by atoms with Crippen LogP contribution in [0.15, 0.2) is 30.5 Å². The maximum absolute atomic E-state index is 13.4. The van der Waals surface area contributed by atoms with Crippen LogP contribution in [0.4, 0.5) is 30.8 Å². The fourth-order valence-corrected chi connectivity index (χ4v) is 4.40. The second kappa shape index (κ2) is 9.48. The lowest BCUT2D eigenvalue weighted by atomic mass is 9.97. The molecule has 2 aromatic rings. The number of alkyl halides is 3. The first-order valence-corrected chi connectivity index (χ1v) is 11.1. The fourth-order valence-electron chi connectivity index (χ4n) is 4.40. The second-order valence-electron chi connectivity index (χ2n) is 8.73. The molecule has 0 aliphatic carbocycles. The number of hydrogen-bond donors (Lipinski definition) is 0. The van der Waals surface area contributed by atoms with E-state index in [0.29, 0.717) is 19.0 Å². The van der Waals surface area contributed by atoms with E-state index in [4.69, 9.17) is 0 Å². The van der Waals surface area contributed by atoms with Gasteiger partial charge in [0.05, 0.1) is 0 Å². The molecule has 2 aromatic heterocycles. The molecule has 4 rings (SSSR count). The van der Waals surface area contributed by atoms with Crippen LogP contribution in [0.3, 0.4) is 0 Å². The molecular formula is C22H30F3N7. The van der Waals surface area contributed by atoms with E-state index in [1.165, 1.54) is 0 Å². The zero-order valence-corrected chi connectivity index (χ0v) is 18.6. The SMILES string of the molecule is CN(C)c1cc(C(F)(F)F)nc(N2CCCC(CN3CCN(c4ccccn4)CC3)C2)n1. The molecule has 7 nitrogen and oxygen atoms in total. The topological polar surface area (TPSA) is 51.6 Å². The van der Waals surface area contributed by atoms with Gasteiger partial charge in [-0.25, -0.2) is 9.97 Å². The van der Waals surface area contributed by atoms with Crippen molar-refractivity contribution < 1.29 is 13.2 Å². The summed E-state index contributed by atoms with van der Waals surface area (Å²) in [5, 5.41) is 0. The summed E-state index contributed by atoms with van der Waals surface area (Å²) >= 11 is 0. The lowest BCUT2D eigenvalue weighted by molar-refractivity contribution is -0.141. The number of halogens is 3. The van der Waals surface area contributed by atoms with Crippen molar-refractivity contribution in [3.63, 3.8) is 0 Å². The number of aromatic nitrogens is 3. The molecule has 32 heavy (non-hydrogen) atoms. The Balaban J connectivity index is 1.38. The molecular weight excluding hydrogens is 419 g/mol. The summed E-state index contributed by atoms with van der Waals surface area (Å²) in [5.41, 5.74) is -0.890. The van der Waals surface area contributed by atoms with Crippen LogP contribution in [-0.4, -0.2) is 79.8 Å². The summed E-state index contributed by atoms with van der Waals surface area (Å²) in [4.78, 5) is 21.0. The van der Waals surface area contributed by atoms with Crippen molar-refractivity contribution in [1.29, 1.82) is 0 Å². The van der Waals surface area contributed by atoms with Crippen LogP contribution in [0.2, 0.25) is 0 Å². The Labute approximate surface area is 186 Å². The molecule has 0 bridgehead atoms. The maximum atomic E-state index is 13.4. The highest BCUT2D eigenvalue weighted by atomic mass is 19.4. The molecule has 1 atom stereocenters. The first-order valence-electron chi connectivity index (χ1n) is 11.1. The third-order valence-corrected chi connectivity index (χ3v) is 6.11. The summed E-state index contributed by atoms with van der Waals surface area (Å²) in [6, 6.07) is 6.96. The predicted molar refractivity (Wildman–Crippen MR) is 119 cm³/mol. The van der Waals surface area contributed by atoms with Gasteiger partial charge in [0.15, 0.2) is 5.69 Å². The third kappa shape index (κ3) is 5.40. The molecule has 2 saturated heterocycles. The number of pyridine rings is 1. The summed E-state index contributed by atoms with van der Waals surface area (Å²) in [6.07, 6.45) is -0.688. The van der Waals surface area contributed by atoms with Crippen LogP contribution in [0, 0.1) is 5.92 Å².